The Hall–Kier alpha value is -1.66. The van der Waals surface area contributed by atoms with Crippen molar-refractivity contribution < 1.29 is 8.42 Å². The Labute approximate surface area is 125 Å². The first-order chi connectivity index (χ1) is 9.81. The van der Waals surface area contributed by atoms with Crippen LogP contribution in [0.25, 0.3) is 10.9 Å². The summed E-state index contributed by atoms with van der Waals surface area (Å²) >= 11 is 0. The quantitative estimate of drug-likeness (QED) is 0.831. The number of anilines is 1. The Morgan fingerprint density at radius 2 is 1.95 bits per heavy atom. The SMILES string of the molecule is CC(C)CC(C)NS(=O)(=O)c1ccc(N)c2cccnc12. The Kier molecular flexibility index (Phi) is 4.49. The van der Waals surface area contributed by atoms with E-state index in [1.807, 2.05) is 6.92 Å². The van der Waals surface area contributed by atoms with E-state index >= 15 is 0 Å². The molecule has 2 rings (SSSR count). The number of benzene rings is 1. The fraction of sp³-hybridized carbons (Fsp3) is 0.400. The number of rotatable bonds is 5. The van der Waals surface area contributed by atoms with Crippen molar-refractivity contribution in [2.24, 2.45) is 5.92 Å². The number of aromatic nitrogens is 1. The van der Waals surface area contributed by atoms with Crippen LogP contribution in [0.15, 0.2) is 35.4 Å². The third-order valence-corrected chi connectivity index (χ3v) is 4.86. The molecule has 1 aromatic carbocycles. The molecule has 0 fully saturated rings. The monoisotopic (exact) mass is 307 g/mol. The molecule has 0 amide bonds. The lowest BCUT2D eigenvalue weighted by molar-refractivity contribution is 0.483. The number of nitrogens with one attached hydrogen (secondary N) is 1. The van der Waals surface area contributed by atoms with E-state index in [0.717, 1.165) is 6.42 Å². The number of nitrogen functional groups attached to an aromatic ring is 1. The van der Waals surface area contributed by atoms with Crippen molar-refractivity contribution in [3.63, 3.8) is 0 Å². The molecule has 1 heterocycles. The first-order valence-corrected chi connectivity index (χ1v) is 8.45. The standard InChI is InChI=1S/C15H21N3O2S/c1-10(2)9-11(3)18-21(19,20)14-7-6-13(16)12-5-4-8-17-15(12)14/h4-8,10-11,18H,9,16H2,1-3H3. The van der Waals surface area contributed by atoms with E-state index in [0.29, 0.717) is 22.5 Å². The molecule has 21 heavy (non-hydrogen) atoms. The second kappa shape index (κ2) is 5.99. The fourth-order valence-electron chi connectivity index (χ4n) is 2.47. The molecular formula is C15H21N3O2S. The summed E-state index contributed by atoms with van der Waals surface area (Å²) in [6.45, 7) is 5.99. The fourth-order valence-corrected chi connectivity index (χ4v) is 3.89. The van der Waals surface area contributed by atoms with Crippen LogP contribution in [0.4, 0.5) is 5.69 Å². The molecule has 114 valence electrons. The molecule has 2 aromatic rings. The summed E-state index contributed by atoms with van der Waals surface area (Å²) in [6, 6.07) is 6.49. The summed E-state index contributed by atoms with van der Waals surface area (Å²) in [5.74, 6) is 0.420. The van der Waals surface area contributed by atoms with Gasteiger partial charge in [0.25, 0.3) is 0 Å². The summed E-state index contributed by atoms with van der Waals surface area (Å²) in [5.41, 5.74) is 6.81. The first kappa shape index (κ1) is 15.7. The molecule has 0 bridgehead atoms. The number of sulfonamides is 1. The molecule has 0 aliphatic carbocycles. The Morgan fingerprint density at radius 3 is 2.62 bits per heavy atom. The van der Waals surface area contributed by atoms with Crippen molar-refractivity contribution in [1.29, 1.82) is 0 Å². The van der Waals surface area contributed by atoms with Crippen molar-refractivity contribution in [3.8, 4) is 0 Å². The number of hydrogen-bond donors (Lipinski definition) is 2. The van der Waals surface area contributed by atoms with Crippen LogP contribution in [0, 0.1) is 5.92 Å². The zero-order valence-corrected chi connectivity index (χ0v) is 13.3. The second-order valence-electron chi connectivity index (χ2n) is 5.70. The Bertz CT molecular complexity index is 742. The van der Waals surface area contributed by atoms with Crippen LogP contribution in [0.5, 0.6) is 0 Å². The first-order valence-electron chi connectivity index (χ1n) is 6.97. The summed E-state index contributed by atoms with van der Waals surface area (Å²) < 4.78 is 27.8. The molecular weight excluding hydrogens is 286 g/mol. The molecule has 0 saturated carbocycles. The minimum absolute atomic E-state index is 0.133. The van der Waals surface area contributed by atoms with Gasteiger partial charge in [-0.2, -0.15) is 0 Å². The van der Waals surface area contributed by atoms with Gasteiger partial charge in [0.1, 0.15) is 4.90 Å². The molecule has 6 heteroatoms. The highest BCUT2D eigenvalue weighted by Gasteiger charge is 2.21. The van der Waals surface area contributed by atoms with Gasteiger partial charge in [0.15, 0.2) is 0 Å². The molecule has 1 unspecified atom stereocenters. The van der Waals surface area contributed by atoms with Crippen molar-refractivity contribution in [1.82, 2.24) is 9.71 Å². The van der Waals surface area contributed by atoms with E-state index in [2.05, 4.69) is 23.6 Å². The van der Waals surface area contributed by atoms with Gasteiger partial charge >= 0.3 is 0 Å². The number of nitrogens with zero attached hydrogens (tertiary/aromatic N) is 1. The smallest absolute Gasteiger partial charge is 0.242 e. The Morgan fingerprint density at radius 1 is 1.24 bits per heavy atom. The van der Waals surface area contributed by atoms with Crippen molar-refractivity contribution in [2.75, 3.05) is 5.73 Å². The molecule has 1 aromatic heterocycles. The van der Waals surface area contributed by atoms with Crippen LogP contribution in [0.3, 0.4) is 0 Å². The van der Waals surface area contributed by atoms with Crippen molar-refractivity contribution in [2.45, 2.75) is 38.1 Å². The lowest BCUT2D eigenvalue weighted by Gasteiger charge is -2.17. The third kappa shape index (κ3) is 3.51. The maximum absolute atomic E-state index is 12.6. The predicted octanol–water partition coefficient (Wildman–Crippen LogP) is 2.53. The number of pyridine rings is 1. The van der Waals surface area contributed by atoms with Gasteiger partial charge in [-0.15, -0.1) is 0 Å². The lowest BCUT2D eigenvalue weighted by Crippen LogP contribution is -2.33. The molecule has 1 atom stereocenters. The highest BCUT2D eigenvalue weighted by molar-refractivity contribution is 7.89. The number of nitrogens with two attached hydrogens (primary N) is 1. The van der Waals surface area contributed by atoms with Crippen LogP contribution in [0.2, 0.25) is 0 Å². The van der Waals surface area contributed by atoms with Crippen LogP contribution in [0.1, 0.15) is 27.2 Å². The molecule has 0 saturated heterocycles. The van der Waals surface area contributed by atoms with Gasteiger partial charge in [0.2, 0.25) is 10.0 Å². The van der Waals surface area contributed by atoms with E-state index < -0.39 is 10.0 Å². The van der Waals surface area contributed by atoms with Crippen molar-refractivity contribution >= 4 is 26.6 Å². The maximum atomic E-state index is 12.6. The van der Waals surface area contributed by atoms with Gasteiger partial charge in [0.05, 0.1) is 5.52 Å². The maximum Gasteiger partial charge on any atom is 0.242 e. The molecule has 3 N–H and O–H groups in total. The van der Waals surface area contributed by atoms with E-state index in [1.165, 1.54) is 6.07 Å². The van der Waals surface area contributed by atoms with E-state index in [4.69, 9.17) is 5.73 Å². The zero-order chi connectivity index (χ0) is 15.6. The van der Waals surface area contributed by atoms with E-state index in [-0.39, 0.29) is 10.9 Å². The molecule has 5 nitrogen and oxygen atoms in total. The van der Waals surface area contributed by atoms with Crippen molar-refractivity contribution in [3.05, 3.63) is 30.5 Å². The van der Waals surface area contributed by atoms with E-state index in [1.54, 1.807) is 24.4 Å². The predicted molar refractivity (Wildman–Crippen MR) is 85.4 cm³/mol. The number of fused-ring (bicyclic) bond motifs is 1. The summed E-state index contributed by atoms with van der Waals surface area (Å²) in [7, 11) is -3.62. The van der Waals surface area contributed by atoms with Crippen LogP contribution >= 0.6 is 0 Å². The van der Waals surface area contributed by atoms with E-state index in [9.17, 15) is 8.42 Å². The molecule has 0 aliphatic rings. The average molecular weight is 307 g/mol. The van der Waals surface area contributed by atoms with Crippen LogP contribution in [-0.4, -0.2) is 19.4 Å². The normalized spacial score (nSPS) is 13.7. The Balaban J connectivity index is 2.44. The summed E-state index contributed by atoms with van der Waals surface area (Å²) in [4.78, 5) is 4.35. The summed E-state index contributed by atoms with van der Waals surface area (Å²) in [6.07, 6.45) is 2.35. The van der Waals surface area contributed by atoms with Gasteiger partial charge in [-0.05, 0) is 43.5 Å². The lowest BCUT2D eigenvalue weighted by atomic mass is 10.1. The summed E-state index contributed by atoms with van der Waals surface area (Å²) in [5, 5.41) is 0.650. The molecule has 0 spiro atoms. The van der Waals surface area contributed by atoms with Gasteiger partial charge in [-0.3, -0.25) is 4.98 Å². The highest BCUT2D eigenvalue weighted by atomic mass is 32.2. The second-order valence-corrected chi connectivity index (χ2v) is 7.39. The van der Waals surface area contributed by atoms with Gasteiger partial charge in [0, 0.05) is 23.3 Å². The molecule has 0 aliphatic heterocycles. The van der Waals surface area contributed by atoms with Gasteiger partial charge in [-0.25, -0.2) is 13.1 Å². The largest absolute Gasteiger partial charge is 0.398 e. The molecule has 0 radical (unpaired) electrons. The minimum atomic E-state index is -3.62. The van der Waals surface area contributed by atoms with Crippen LogP contribution < -0.4 is 10.5 Å². The zero-order valence-electron chi connectivity index (χ0n) is 12.5. The topological polar surface area (TPSA) is 85.1 Å². The minimum Gasteiger partial charge on any atom is -0.398 e. The highest BCUT2D eigenvalue weighted by Crippen LogP contribution is 2.26. The third-order valence-electron chi connectivity index (χ3n) is 3.24. The van der Waals surface area contributed by atoms with Gasteiger partial charge in [-0.1, -0.05) is 13.8 Å². The average Bonchev–Trinajstić information content (AvgIpc) is 2.37. The number of hydrogen-bond acceptors (Lipinski definition) is 4. The van der Waals surface area contributed by atoms with Gasteiger partial charge < -0.3 is 5.73 Å². The van der Waals surface area contributed by atoms with Crippen LogP contribution in [-0.2, 0) is 10.0 Å².